The van der Waals surface area contributed by atoms with Crippen molar-refractivity contribution in [3.8, 4) is 0 Å². The predicted molar refractivity (Wildman–Crippen MR) is 70.1 cm³/mol. The van der Waals surface area contributed by atoms with Gasteiger partial charge in [-0.15, -0.1) is 0 Å². The number of carbonyl (C=O) groups excluding carboxylic acids is 1. The molecule has 0 aliphatic carbocycles. The fraction of sp³-hybridized carbons (Fsp3) is 0.500. The lowest BCUT2D eigenvalue weighted by atomic mass is 10.0. The molecule has 0 aliphatic heterocycles. The minimum Gasteiger partial charge on any atom is -0.385 e. The summed E-state index contributed by atoms with van der Waals surface area (Å²) in [7, 11) is 3.31. The topological polar surface area (TPSA) is 29.5 Å². The number of nitrogens with zero attached hydrogens (tertiary/aromatic N) is 1. The second-order valence-electron chi connectivity index (χ2n) is 4.41. The Morgan fingerprint density at radius 2 is 2.22 bits per heavy atom. The summed E-state index contributed by atoms with van der Waals surface area (Å²) in [6, 6.07) is 6.05. The van der Waals surface area contributed by atoms with Gasteiger partial charge in [0.05, 0.1) is 0 Å². The third-order valence-electron chi connectivity index (χ3n) is 2.93. The van der Waals surface area contributed by atoms with E-state index in [0.717, 1.165) is 12.8 Å². The van der Waals surface area contributed by atoms with Crippen LogP contribution in [-0.2, 0) is 9.53 Å². The van der Waals surface area contributed by atoms with Crippen LogP contribution in [-0.4, -0.2) is 26.7 Å². The van der Waals surface area contributed by atoms with Gasteiger partial charge in [0.2, 0.25) is 5.91 Å². The maximum Gasteiger partial charge on any atom is 0.229 e. The molecule has 0 heterocycles. The zero-order valence-electron chi connectivity index (χ0n) is 11.1. The van der Waals surface area contributed by atoms with Gasteiger partial charge in [-0.3, -0.25) is 4.79 Å². The molecule has 1 rings (SSSR count). The van der Waals surface area contributed by atoms with E-state index in [-0.39, 0.29) is 17.6 Å². The van der Waals surface area contributed by atoms with Crippen LogP contribution in [0, 0.1) is 11.7 Å². The average molecular weight is 253 g/mol. The molecule has 1 amide bonds. The van der Waals surface area contributed by atoms with Gasteiger partial charge in [0.15, 0.2) is 0 Å². The zero-order valence-corrected chi connectivity index (χ0v) is 11.1. The van der Waals surface area contributed by atoms with Crippen molar-refractivity contribution < 1.29 is 13.9 Å². The number of halogens is 1. The smallest absolute Gasteiger partial charge is 0.229 e. The Morgan fingerprint density at radius 3 is 2.83 bits per heavy atom. The van der Waals surface area contributed by atoms with E-state index in [2.05, 4.69) is 0 Å². The van der Waals surface area contributed by atoms with E-state index in [1.807, 2.05) is 6.92 Å². The number of amides is 1. The highest BCUT2D eigenvalue weighted by molar-refractivity contribution is 5.94. The van der Waals surface area contributed by atoms with Gasteiger partial charge < -0.3 is 9.64 Å². The Labute approximate surface area is 108 Å². The molecule has 1 aromatic carbocycles. The van der Waals surface area contributed by atoms with E-state index in [1.54, 1.807) is 26.3 Å². The third-order valence-corrected chi connectivity index (χ3v) is 2.93. The first-order valence-electron chi connectivity index (χ1n) is 6.08. The number of hydrogen-bond acceptors (Lipinski definition) is 2. The molecule has 0 radical (unpaired) electrons. The third kappa shape index (κ3) is 4.11. The second kappa shape index (κ2) is 7.11. The maximum absolute atomic E-state index is 13.1. The first kappa shape index (κ1) is 14.6. The van der Waals surface area contributed by atoms with Gasteiger partial charge in [-0.1, -0.05) is 13.0 Å². The molecule has 3 nitrogen and oxygen atoms in total. The van der Waals surface area contributed by atoms with Crippen LogP contribution < -0.4 is 4.90 Å². The number of anilines is 1. The number of carbonyl (C=O) groups is 1. The van der Waals surface area contributed by atoms with Crippen molar-refractivity contribution in [3.05, 3.63) is 30.1 Å². The Kier molecular flexibility index (Phi) is 5.78. The molecular formula is C14H20FNO2. The SMILES string of the molecule is COCCCC(C)C(=O)N(C)c1cccc(F)c1. The molecule has 0 aliphatic rings. The van der Waals surface area contributed by atoms with Crippen LogP contribution >= 0.6 is 0 Å². The fourth-order valence-corrected chi connectivity index (χ4v) is 1.80. The molecule has 1 aromatic rings. The molecule has 0 saturated heterocycles. The van der Waals surface area contributed by atoms with Crippen LogP contribution in [0.25, 0.3) is 0 Å². The van der Waals surface area contributed by atoms with Crippen LogP contribution in [0.1, 0.15) is 19.8 Å². The molecule has 18 heavy (non-hydrogen) atoms. The van der Waals surface area contributed by atoms with Gasteiger partial charge in [-0.2, -0.15) is 0 Å². The van der Waals surface area contributed by atoms with Crippen LogP contribution in [0.3, 0.4) is 0 Å². The molecule has 0 aromatic heterocycles. The molecule has 0 fully saturated rings. The molecule has 0 spiro atoms. The molecule has 0 N–H and O–H groups in total. The van der Waals surface area contributed by atoms with Crippen molar-refractivity contribution in [2.75, 3.05) is 25.7 Å². The molecule has 1 atom stereocenters. The van der Waals surface area contributed by atoms with Gasteiger partial charge in [-0.05, 0) is 31.0 Å². The van der Waals surface area contributed by atoms with Gasteiger partial charge in [0, 0.05) is 32.4 Å². The van der Waals surface area contributed by atoms with Gasteiger partial charge in [-0.25, -0.2) is 4.39 Å². The highest BCUT2D eigenvalue weighted by Crippen LogP contribution is 2.18. The van der Waals surface area contributed by atoms with E-state index in [9.17, 15) is 9.18 Å². The Bertz CT molecular complexity index is 395. The first-order valence-corrected chi connectivity index (χ1v) is 6.08. The van der Waals surface area contributed by atoms with Crippen LogP contribution in [0.15, 0.2) is 24.3 Å². The van der Waals surface area contributed by atoms with E-state index in [4.69, 9.17) is 4.74 Å². The van der Waals surface area contributed by atoms with Gasteiger partial charge in [0.1, 0.15) is 5.82 Å². The first-order chi connectivity index (χ1) is 8.56. The summed E-state index contributed by atoms with van der Waals surface area (Å²) >= 11 is 0. The summed E-state index contributed by atoms with van der Waals surface area (Å²) in [5, 5.41) is 0. The van der Waals surface area contributed by atoms with Gasteiger partial charge >= 0.3 is 0 Å². The average Bonchev–Trinajstić information content (AvgIpc) is 2.37. The molecular weight excluding hydrogens is 233 g/mol. The summed E-state index contributed by atoms with van der Waals surface area (Å²) in [5.41, 5.74) is 0.582. The highest BCUT2D eigenvalue weighted by Gasteiger charge is 2.18. The minimum atomic E-state index is -0.334. The summed E-state index contributed by atoms with van der Waals surface area (Å²) in [6.07, 6.45) is 1.62. The van der Waals surface area contributed by atoms with E-state index < -0.39 is 0 Å². The normalized spacial score (nSPS) is 12.2. The lowest BCUT2D eigenvalue weighted by molar-refractivity contribution is -0.121. The monoisotopic (exact) mass is 253 g/mol. The molecule has 0 saturated carbocycles. The number of rotatable bonds is 6. The van der Waals surface area contributed by atoms with Crippen LogP contribution in [0.4, 0.5) is 10.1 Å². The molecule has 4 heteroatoms. The lowest BCUT2D eigenvalue weighted by Crippen LogP contribution is -2.31. The largest absolute Gasteiger partial charge is 0.385 e. The summed E-state index contributed by atoms with van der Waals surface area (Å²) in [6.45, 7) is 2.54. The Balaban J connectivity index is 2.60. The molecule has 1 unspecified atom stereocenters. The van der Waals surface area contributed by atoms with Crippen molar-refractivity contribution in [1.29, 1.82) is 0 Å². The number of hydrogen-bond donors (Lipinski definition) is 0. The summed E-state index contributed by atoms with van der Waals surface area (Å²) in [5.74, 6) is -0.427. The second-order valence-corrected chi connectivity index (χ2v) is 4.41. The van der Waals surface area contributed by atoms with E-state index in [1.165, 1.54) is 17.0 Å². The zero-order chi connectivity index (χ0) is 13.5. The quantitative estimate of drug-likeness (QED) is 0.730. The van der Waals surface area contributed by atoms with Crippen molar-refractivity contribution in [2.24, 2.45) is 5.92 Å². The lowest BCUT2D eigenvalue weighted by Gasteiger charge is -2.21. The van der Waals surface area contributed by atoms with Gasteiger partial charge in [0.25, 0.3) is 0 Å². The van der Waals surface area contributed by atoms with Crippen molar-refractivity contribution >= 4 is 11.6 Å². The van der Waals surface area contributed by atoms with E-state index >= 15 is 0 Å². The Hall–Kier alpha value is -1.42. The van der Waals surface area contributed by atoms with Crippen LogP contribution in [0.2, 0.25) is 0 Å². The number of ether oxygens (including phenoxy) is 1. The summed E-state index contributed by atoms with van der Waals surface area (Å²) in [4.78, 5) is 13.6. The molecule has 0 bridgehead atoms. The van der Waals surface area contributed by atoms with Crippen molar-refractivity contribution in [3.63, 3.8) is 0 Å². The van der Waals surface area contributed by atoms with E-state index in [0.29, 0.717) is 12.3 Å². The standard InChI is InChI=1S/C14H20FNO2/c1-11(6-5-9-18-3)14(17)16(2)13-8-4-7-12(15)10-13/h4,7-8,10-11H,5-6,9H2,1-3H3. The fourth-order valence-electron chi connectivity index (χ4n) is 1.80. The van der Waals surface area contributed by atoms with Crippen LogP contribution in [0.5, 0.6) is 0 Å². The summed E-state index contributed by atoms with van der Waals surface area (Å²) < 4.78 is 18.0. The predicted octanol–water partition coefficient (Wildman–Crippen LogP) is 2.85. The highest BCUT2D eigenvalue weighted by atomic mass is 19.1. The Morgan fingerprint density at radius 1 is 1.50 bits per heavy atom. The molecule has 100 valence electrons. The number of benzene rings is 1. The number of methoxy groups -OCH3 is 1. The minimum absolute atomic E-state index is 0.00305. The van der Waals surface area contributed by atoms with Crippen molar-refractivity contribution in [2.45, 2.75) is 19.8 Å². The maximum atomic E-state index is 13.1. The van der Waals surface area contributed by atoms with Crippen molar-refractivity contribution in [1.82, 2.24) is 0 Å².